The number of hydrogen-bond donors (Lipinski definition) is 4. The van der Waals surface area contributed by atoms with Crippen molar-refractivity contribution in [2.75, 3.05) is 90.5 Å². The zero-order chi connectivity index (χ0) is 96.0. The number of sulfone groups is 2. The maximum Gasteiger partial charge on any atom is 0.322 e. The van der Waals surface area contributed by atoms with Crippen LogP contribution in [0.3, 0.4) is 0 Å². The van der Waals surface area contributed by atoms with Crippen molar-refractivity contribution in [3.05, 3.63) is 203 Å². The number of hydrogen-bond acceptors (Lipinski definition) is 18. The number of pyridine rings is 4. The topological polar surface area (TPSA) is 340 Å². The van der Waals surface area contributed by atoms with Gasteiger partial charge < -0.3 is 53.1 Å². The van der Waals surface area contributed by atoms with Crippen LogP contribution >= 0.6 is 0 Å². The molecule has 3 atom stereocenters. The van der Waals surface area contributed by atoms with E-state index in [2.05, 4.69) is 9.88 Å². The number of H-pyrrole nitrogens is 1. The zero-order valence-electron chi connectivity index (χ0n) is 74.8. The molecule has 5 aromatic heterocycles. The summed E-state index contributed by atoms with van der Waals surface area (Å²) in [6.07, 6.45) is 24.6. The number of carboxylic acid groups (broad SMARTS) is 1. The Morgan fingerprint density at radius 2 is 0.836 bits per heavy atom. The second-order valence-corrected chi connectivity index (χ2v) is 46.3. The number of alkyl halides is 7. The highest BCUT2D eigenvalue weighted by atomic mass is 32.2. The second-order valence-electron chi connectivity index (χ2n) is 38.6. The van der Waals surface area contributed by atoms with E-state index in [0.29, 0.717) is 196 Å². The number of carbonyl (C=O) groups is 1. The Morgan fingerprint density at radius 1 is 0.478 bits per heavy atom. The Balaban J connectivity index is 0.000000120. The second kappa shape index (κ2) is 32.7. The van der Waals surface area contributed by atoms with Gasteiger partial charge in [-0.1, -0.05) is 43.4 Å². The number of aliphatic carboxylic acids is 1. The van der Waals surface area contributed by atoms with Crippen molar-refractivity contribution in [1.82, 2.24) is 27.6 Å². The molecule has 26 nitrogen and oxygen atoms in total. The number of aryl methyl sites for hydroxylation is 4. The predicted octanol–water partition coefficient (Wildman–Crippen LogP) is 13.2. The summed E-state index contributed by atoms with van der Waals surface area (Å²) < 4.78 is 222. The molecule has 712 valence electrons. The van der Waals surface area contributed by atoms with E-state index in [-0.39, 0.29) is 90.8 Å². The summed E-state index contributed by atoms with van der Waals surface area (Å²) in [5.41, 5.74) is 6.80. The number of rotatable bonds is 15. The third-order valence-electron chi connectivity index (χ3n) is 30.5. The highest BCUT2D eigenvalue weighted by Crippen LogP contribution is 2.69. The first-order valence-corrected chi connectivity index (χ1v) is 51.2. The molecule has 1 unspecified atom stereocenters. The zero-order valence-corrected chi connectivity index (χ0v) is 78.0. The lowest BCUT2D eigenvalue weighted by atomic mass is 9.90. The van der Waals surface area contributed by atoms with Gasteiger partial charge in [-0.05, 0) is 173 Å². The molecule has 4 saturated carbocycles. The maximum absolute atomic E-state index is 15.4. The van der Waals surface area contributed by atoms with Crippen molar-refractivity contribution in [2.45, 2.75) is 172 Å². The molecule has 0 bridgehead atoms. The monoisotopic (exact) mass is 1930 g/mol. The van der Waals surface area contributed by atoms with Crippen LogP contribution in [0.25, 0.3) is 73.6 Å². The molecule has 0 radical (unpaired) electrons. The number of aliphatic hydroxyl groups is 1. The number of β-amino-alcohol motifs (C(OH)–C–C–N with tert-alkyl or cyclic N) is 1. The van der Waals surface area contributed by atoms with Crippen molar-refractivity contribution in [2.24, 2.45) is 55.0 Å². The lowest BCUT2D eigenvalue weighted by Gasteiger charge is -2.35. The van der Waals surface area contributed by atoms with Crippen molar-refractivity contribution >= 4 is 97.6 Å². The fraction of sp³-hybridized carbons (Fsp3) is 0.448. The number of nitrogens with zero attached hydrogens (tertiary/aromatic N) is 9. The lowest BCUT2D eigenvalue weighted by Crippen LogP contribution is -2.40. The number of allylic oxidation sites excluding steroid dienone is 3. The van der Waals surface area contributed by atoms with Crippen molar-refractivity contribution in [1.29, 1.82) is 0 Å². The summed E-state index contributed by atoms with van der Waals surface area (Å²) in [5.74, 6) is -9.72. The highest BCUT2D eigenvalue weighted by Gasteiger charge is 2.73. The van der Waals surface area contributed by atoms with Crippen LogP contribution in [-0.4, -0.2) is 184 Å². The van der Waals surface area contributed by atoms with E-state index in [1.165, 1.54) is 60.9 Å². The van der Waals surface area contributed by atoms with Crippen LogP contribution in [0, 0.1) is 27.5 Å². The van der Waals surface area contributed by atoms with Crippen LogP contribution in [0.1, 0.15) is 131 Å². The van der Waals surface area contributed by atoms with Gasteiger partial charge in [0.15, 0.2) is 19.7 Å². The standard InChI is InChI=1S/C27H29F2N3O6S.C24H26F2N2O3S.C23H25F2N3O3S.C22H23F2N3O3S/c1-30-14-21(18-3-2-4-19(18)24(30)34)20-12-17(39(37,38)32-13-16(33)11-23(32)25(35)36)5-6-22(20)31-9-7-26(8-10-31)15-27(26,28)29;1-3-32(30,31)16-7-8-21(28-11-9-23(10-12-28)15-24(23,25)26)19(13-16)20-14-27(2)22(29)18-6-4-5-17(18)20;1-22(25)13-23(22)5-8-28(9-6-23)18-11-17(24)15(10-19(18)32(3,30)31)16-12-27(2)21(29)20-14(16)4-7-26-20;1-26-12-18(15-3-2-4-16(15)20(26)28)17-11-14(31(25,29)30)5-6-19(17)27-9-7-21(8-10-27)13-22(21,23)24/h2-3,5-6,12,14,16,23,33H,4,7-11,13,15H2,1H3,(H,35,36);4-5,7-8,13-14H,3,6,9-12,15H2,1-2H3;4,7,10-12,26H,5-6,8-9,13H2,1-3H3;2-3,5-6,11-12H,4,7-10,13H2,1H3,(H2,25,29,30)/t16-,23+;;;/m1.../s1. The molecule has 9 aromatic rings. The van der Waals surface area contributed by atoms with Crippen LogP contribution in [0.15, 0.2) is 161 Å². The number of anilines is 4. The highest BCUT2D eigenvalue weighted by molar-refractivity contribution is 7.91. The van der Waals surface area contributed by atoms with E-state index in [1.807, 2.05) is 51.2 Å². The van der Waals surface area contributed by atoms with Gasteiger partial charge in [0.2, 0.25) is 20.0 Å². The minimum atomic E-state index is -4.31. The number of nitrogens with two attached hydrogens (primary N) is 1. The first kappa shape index (κ1) is 93.6. The summed E-state index contributed by atoms with van der Waals surface area (Å²) in [6, 6.07) is 17.1. The molecule has 38 heteroatoms. The molecule has 134 heavy (non-hydrogen) atoms. The molecule has 5 N–H and O–H groups in total. The molecule has 10 heterocycles. The van der Waals surface area contributed by atoms with Crippen LogP contribution < -0.4 is 47.0 Å². The fourth-order valence-electron chi connectivity index (χ4n) is 21.8. The normalized spacial score (nSPS) is 22.5. The van der Waals surface area contributed by atoms with E-state index in [1.54, 1.807) is 103 Å². The molecule has 9 fully saturated rings. The molecule has 4 aromatic carbocycles. The SMILES string of the molecule is CCS(=O)(=O)c1ccc(N2CCC3(CC2)CC3(F)F)c(-c2cn(C)c(=O)c3c2C=CC3)c1.Cn1cc(-c2cc(S(=O)(=O)N3C[C@H](O)C[C@H]3C(=O)O)ccc2N2CCC3(CC2)CC3(F)F)c2c(c1=O)CC=C2.Cn1cc(-c2cc(S(C)(=O)=O)c(N3CCC4(CC3)CC4(C)F)cc2F)c2cc[nH]c2c1=O.Cn1cc(-c2cc(S(N)(=O)=O)ccc2N2CCC3(CC2)CC3(F)F)c2c(c1=O)CC=C2. The number of halogens is 8. The van der Waals surface area contributed by atoms with Crippen molar-refractivity contribution < 1.29 is 83.8 Å². The average Bonchev–Trinajstić information content (AvgIpc) is 1.56. The Morgan fingerprint density at radius 3 is 1.21 bits per heavy atom. The van der Waals surface area contributed by atoms with Gasteiger partial charge in [0.25, 0.3) is 40.0 Å². The number of nitrogens with one attached hydrogen (secondary N) is 1. The quantitative estimate of drug-likeness (QED) is 0.0547. The van der Waals surface area contributed by atoms with Crippen LogP contribution in [0.5, 0.6) is 0 Å². The molecule has 12 aliphatic rings. The van der Waals surface area contributed by atoms with Gasteiger partial charge in [-0.2, -0.15) is 4.31 Å². The number of aromatic nitrogens is 5. The summed E-state index contributed by atoms with van der Waals surface area (Å²) in [6.45, 7) is 6.49. The Labute approximate surface area is 768 Å². The van der Waals surface area contributed by atoms with Gasteiger partial charge in [0.1, 0.15) is 23.0 Å². The van der Waals surface area contributed by atoms with E-state index in [4.69, 9.17) is 5.14 Å². The van der Waals surface area contributed by atoms with Gasteiger partial charge in [0, 0.05) is 255 Å². The number of carboxylic acids is 1. The Kier molecular flexibility index (Phi) is 22.9. The van der Waals surface area contributed by atoms with Crippen LogP contribution in [0.4, 0.5) is 57.9 Å². The van der Waals surface area contributed by atoms with E-state index in [9.17, 15) is 98.6 Å². The van der Waals surface area contributed by atoms with Crippen LogP contribution in [-0.2, 0) is 92.0 Å². The number of aliphatic hydroxyl groups excluding tert-OH is 1. The summed E-state index contributed by atoms with van der Waals surface area (Å²) >= 11 is 0. The molecular formula is C96H103F8N11O15S4. The van der Waals surface area contributed by atoms with Gasteiger partial charge in [-0.25, -0.2) is 73.9 Å². The molecule has 5 saturated heterocycles. The van der Waals surface area contributed by atoms with Crippen LogP contribution in [0.2, 0.25) is 0 Å². The maximum atomic E-state index is 15.4. The number of sulfonamides is 2. The summed E-state index contributed by atoms with van der Waals surface area (Å²) in [4.78, 5) is 72.9. The van der Waals surface area contributed by atoms with Gasteiger partial charge in [-0.15, -0.1) is 0 Å². The molecule has 4 spiro atoms. The first-order chi connectivity index (χ1) is 62.9. The smallest absolute Gasteiger partial charge is 0.322 e. The first-order valence-electron chi connectivity index (χ1n) is 44.7. The number of benzene rings is 4. The third kappa shape index (κ3) is 16.2. The Bertz CT molecular complexity index is 7300. The molecule has 21 rings (SSSR count). The average molecular weight is 1930 g/mol. The van der Waals surface area contributed by atoms with Crippen molar-refractivity contribution in [3.63, 3.8) is 0 Å². The minimum Gasteiger partial charge on any atom is -0.480 e. The van der Waals surface area contributed by atoms with E-state index in [0.717, 1.165) is 49.8 Å². The molecule has 7 aliphatic carbocycles. The number of piperidine rings is 4. The van der Waals surface area contributed by atoms with Gasteiger partial charge >= 0.3 is 5.97 Å². The molecule has 5 aliphatic heterocycles. The fourth-order valence-corrected chi connectivity index (χ4v) is 25.8. The summed E-state index contributed by atoms with van der Waals surface area (Å²) in [7, 11) is -8.84. The third-order valence-corrected chi connectivity index (χ3v) is 36.1. The number of primary sulfonamides is 1. The largest absolute Gasteiger partial charge is 0.480 e. The van der Waals surface area contributed by atoms with Gasteiger partial charge in [-0.3, -0.25) is 24.0 Å². The van der Waals surface area contributed by atoms with Gasteiger partial charge in [0.05, 0.1) is 37.1 Å². The predicted molar refractivity (Wildman–Crippen MR) is 495 cm³/mol. The molecule has 0 amide bonds. The lowest BCUT2D eigenvalue weighted by molar-refractivity contribution is -0.140. The summed E-state index contributed by atoms with van der Waals surface area (Å²) in [5, 5.41) is 25.5. The number of aromatic amines is 1. The van der Waals surface area contributed by atoms with Crippen molar-refractivity contribution in [3.8, 4) is 44.5 Å². The Hall–Kier alpha value is -10.8. The molecular weight excluding hydrogens is 1830 g/mol. The van der Waals surface area contributed by atoms with E-state index < -0.39 is 103 Å². The van der Waals surface area contributed by atoms with E-state index >= 15 is 4.39 Å². The number of fused-ring (bicyclic) bond motifs is 4. The minimum absolute atomic E-state index is 0.0155.